The smallest absolute Gasteiger partial charge is 0.232 e. The van der Waals surface area contributed by atoms with E-state index in [0.29, 0.717) is 11.5 Å². The Morgan fingerprint density at radius 1 is 1.38 bits per heavy atom. The highest BCUT2D eigenvalue weighted by molar-refractivity contribution is 5.91. The van der Waals surface area contributed by atoms with E-state index in [0.717, 1.165) is 0 Å². The first-order valence-electron chi connectivity index (χ1n) is 4.55. The Morgan fingerprint density at radius 3 is 2.75 bits per heavy atom. The Bertz CT molecular complexity index is 465. The maximum atomic E-state index is 11.5. The zero-order chi connectivity index (χ0) is 11.4. The second-order valence-electron chi connectivity index (χ2n) is 3.10. The molecule has 0 aliphatic heterocycles. The first-order valence-corrected chi connectivity index (χ1v) is 4.55. The van der Waals surface area contributed by atoms with Gasteiger partial charge in [-0.3, -0.25) is 4.79 Å². The van der Waals surface area contributed by atoms with E-state index >= 15 is 0 Å². The van der Waals surface area contributed by atoms with Gasteiger partial charge in [0.25, 0.3) is 0 Å². The van der Waals surface area contributed by atoms with Gasteiger partial charge in [-0.15, -0.1) is 10.2 Å². The molecule has 3 N–H and O–H groups in total. The Labute approximate surface area is 90.5 Å². The summed E-state index contributed by atoms with van der Waals surface area (Å²) in [5, 5.41) is 24.6. The number of benzene rings is 1. The molecule has 1 aromatic carbocycles. The van der Waals surface area contributed by atoms with Gasteiger partial charge in [0.15, 0.2) is 5.82 Å². The zero-order valence-corrected chi connectivity index (χ0v) is 8.21. The van der Waals surface area contributed by atoms with Gasteiger partial charge in [0, 0.05) is 5.69 Å². The van der Waals surface area contributed by atoms with Crippen LogP contribution in [0.25, 0.3) is 0 Å². The highest BCUT2D eigenvalue weighted by Gasteiger charge is 2.07. The van der Waals surface area contributed by atoms with Gasteiger partial charge in [-0.05, 0) is 24.3 Å². The lowest BCUT2D eigenvalue weighted by Gasteiger charge is -2.02. The zero-order valence-electron chi connectivity index (χ0n) is 8.21. The van der Waals surface area contributed by atoms with E-state index < -0.39 is 0 Å². The molecule has 2 aromatic rings. The average molecular weight is 219 g/mol. The maximum Gasteiger partial charge on any atom is 0.232 e. The lowest BCUT2D eigenvalue weighted by Crippen LogP contribution is -2.15. The summed E-state index contributed by atoms with van der Waals surface area (Å²) in [6.45, 7) is 0. The molecule has 16 heavy (non-hydrogen) atoms. The number of hydrogen-bond donors (Lipinski definition) is 3. The molecule has 0 unspecified atom stereocenters. The molecule has 1 amide bonds. The highest BCUT2D eigenvalue weighted by Crippen LogP contribution is 2.13. The quantitative estimate of drug-likeness (QED) is 0.634. The van der Waals surface area contributed by atoms with Crippen LogP contribution >= 0.6 is 0 Å². The van der Waals surface area contributed by atoms with Crippen molar-refractivity contribution in [2.75, 3.05) is 5.32 Å². The molecule has 0 saturated carbocycles. The number of aromatic hydroxyl groups is 1. The van der Waals surface area contributed by atoms with Crippen LogP contribution in [-0.2, 0) is 11.2 Å². The summed E-state index contributed by atoms with van der Waals surface area (Å²) < 4.78 is 0. The monoisotopic (exact) mass is 219 g/mol. The average Bonchev–Trinajstić information content (AvgIpc) is 2.74. The summed E-state index contributed by atoms with van der Waals surface area (Å²) in [6.07, 6.45) is 0.0530. The standard InChI is InChI=1S/C9H9N5O2/c15-7-3-1-6(2-4-7)10-9(16)5-8-11-13-14-12-8/h1-4,15H,5H2,(H,10,16)(H,11,12,13,14). The van der Waals surface area contributed by atoms with Crippen molar-refractivity contribution < 1.29 is 9.90 Å². The largest absolute Gasteiger partial charge is 0.508 e. The van der Waals surface area contributed by atoms with Crippen molar-refractivity contribution in [2.24, 2.45) is 0 Å². The molecule has 1 aromatic heterocycles. The number of hydrogen-bond acceptors (Lipinski definition) is 5. The first-order chi connectivity index (χ1) is 7.74. The number of carbonyl (C=O) groups is 1. The van der Waals surface area contributed by atoms with Gasteiger partial charge in [-0.2, -0.15) is 5.21 Å². The van der Waals surface area contributed by atoms with E-state index in [2.05, 4.69) is 25.9 Å². The molecule has 7 heteroatoms. The van der Waals surface area contributed by atoms with Gasteiger partial charge >= 0.3 is 0 Å². The highest BCUT2D eigenvalue weighted by atomic mass is 16.3. The number of nitrogens with zero attached hydrogens (tertiary/aromatic N) is 3. The number of H-pyrrole nitrogens is 1. The second-order valence-corrected chi connectivity index (χ2v) is 3.10. The number of anilines is 1. The molecular weight excluding hydrogens is 210 g/mol. The minimum atomic E-state index is -0.243. The molecule has 0 radical (unpaired) electrons. The molecule has 0 aliphatic rings. The van der Waals surface area contributed by atoms with Gasteiger partial charge in [0.05, 0.1) is 6.42 Å². The predicted octanol–water partition coefficient (Wildman–Crippen LogP) is 0.0865. The molecule has 7 nitrogen and oxygen atoms in total. The SMILES string of the molecule is O=C(Cc1nn[nH]n1)Nc1ccc(O)cc1. The number of phenols is 1. The molecule has 0 atom stereocenters. The number of nitrogens with one attached hydrogen (secondary N) is 2. The third kappa shape index (κ3) is 2.53. The minimum Gasteiger partial charge on any atom is -0.508 e. The number of rotatable bonds is 3. The van der Waals surface area contributed by atoms with Crippen molar-refractivity contribution in [1.29, 1.82) is 0 Å². The van der Waals surface area contributed by atoms with E-state index in [1.165, 1.54) is 12.1 Å². The first kappa shape index (κ1) is 10.1. The fourth-order valence-corrected chi connectivity index (χ4v) is 1.15. The number of amides is 1. The summed E-state index contributed by atoms with van der Waals surface area (Å²) >= 11 is 0. The topological polar surface area (TPSA) is 104 Å². The number of carbonyl (C=O) groups excluding carboxylic acids is 1. The van der Waals surface area contributed by atoms with Crippen molar-refractivity contribution in [3.05, 3.63) is 30.1 Å². The van der Waals surface area contributed by atoms with Gasteiger partial charge in [0.2, 0.25) is 5.91 Å². The molecule has 0 spiro atoms. The molecule has 2 rings (SSSR count). The third-order valence-electron chi connectivity index (χ3n) is 1.86. The Balaban J connectivity index is 1.95. The number of tetrazole rings is 1. The van der Waals surface area contributed by atoms with Gasteiger partial charge in [-0.1, -0.05) is 5.21 Å². The molecule has 0 fully saturated rings. The fraction of sp³-hybridized carbons (Fsp3) is 0.111. The number of aromatic nitrogens is 4. The van der Waals surface area contributed by atoms with E-state index in [-0.39, 0.29) is 18.1 Å². The number of aromatic amines is 1. The molecular formula is C9H9N5O2. The van der Waals surface area contributed by atoms with Crippen LogP contribution in [0.3, 0.4) is 0 Å². The minimum absolute atomic E-state index is 0.0530. The van der Waals surface area contributed by atoms with Crippen LogP contribution in [0.1, 0.15) is 5.82 Å². The summed E-state index contributed by atoms with van der Waals surface area (Å²) in [5.74, 6) is 0.236. The van der Waals surface area contributed by atoms with E-state index in [1.807, 2.05) is 0 Å². The normalized spacial score (nSPS) is 10.0. The second kappa shape index (κ2) is 4.39. The van der Waals surface area contributed by atoms with Gasteiger partial charge in [-0.25, -0.2) is 0 Å². The van der Waals surface area contributed by atoms with Crippen LogP contribution in [0.4, 0.5) is 5.69 Å². The molecule has 0 aliphatic carbocycles. The van der Waals surface area contributed by atoms with E-state index in [9.17, 15) is 4.79 Å². The van der Waals surface area contributed by atoms with Crippen molar-refractivity contribution in [1.82, 2.24) is 20.6 Å². The Morgan fingerprint density at radius 2 is 2.12 bits per heavy atom. The van der Waals surface area contributed by atoms with Crippen molar-refractivity contribution in [2.45, 2.75) is 6.42 Å². The maximum absolute atomic E-state index is 11.5. The molecule has 0 bridgehead atoms. The molecule has 1 heterocycles. The van der Waals surface area contributed by atoms with Crippen molar-refractivity contribution >= 4 is 11.6 Å². The fourth-order valence-electron chi connectivity index (χ4n) is 1.15. The number of phenolic OH excluding ortho intramolecular Hbond substituents is 1. The summed E-state index contributed by atoms with van der Waals surface area (Å²) in [4.78, 5) is 11.5. The molecule has 82 valence electrons. The van der Waals surface area contributed by atoms with Crippen LogP contribution in [0.15, 0.2) is 24.3 Å². The van der Waals surface area contributed by atoms with Crippen LogP contribution in [0, 0.1) is 0 Å². The van der Waals surface area contributed by atoms with Gasteiger partial charge in [0.1, 0.15) is 5.75 Å². The third-order valence-corrected chi connectivity index (χ3v) is 1.86. The van der Waals surface area contributed by atoms with Crippen LogP contribution in [-0.4, -0.2) is 31.6 Å². The lowest BCUT2D eigenvalue weighted by atomic mass is 10.3. The van der Waals surface area contributed by atoms with Crippen molar-refractivity contribution in [3.8, 4) is 5.75 Å². The van der Waals surface area contributed by atoms with Crippen molar-refractivity contribution in [3.63, 3.8) is 0 Å². The lowest BCUT2D eigenvalue weighted by molar-refractivity contribution is -0.115. The Kier molecular flexibility index (Phi) is 2.77. The van der Waals surface area contributed by atoms with Crippen LogP contribution in [0.5, 0.6) is 5.75 Å². The molecule has 0 saturated heterocycles. The summed E-state index contributed by atoms with van der Waals surface area (Å²) in [5.41, 5.74) is 0.603. The van der Waals surface area contributed by atoms with Crippen LogP contribution in [0.2, 0.25) is 0 Å². The summed E-state index contributed by atoms with van der Waals surface area (Å²) in [6, 6.07) is 6.18. The van der Waals surface area contributed by atoms with E-state index in [4.69, 9.17) is 5.11 Å². The Hall–Kier alpha value is -2.44. The predicted molar refractivity (Wildman–Crippen MR) is 54.6 cm³/mol. The van der Waals surface area contributed by atoms with Crippen LogP contribution < -0.4 is 5.32 Å². The summed E-state index contributed by atoms with van der Waals surface area (Å²) in [7, 11) is 0. The van der Waals surface area contributed by atoms with E-state index in [1.54, 1.807) is 12.1 Å². The van der Waals surface area contributed by atoms with Gasteiger partial charge < -0.3 is 10.4 Å².